The summed E-state index contributed by atoms with van der Waals surface area (Å²) in [5, 5.41) is 13.0. The van der Waals surface area contributed by atoms with Gasteiger partial charge in [-0.15, -0.1) is 11.3 Å². The van der Waals surface area contributed by atoms with E-state index in [1.54, 1.807) is 23.5 Å². The summed E-state index contributed by atoms with van der Waals surface area (Å²) in [6, 6.07) is 17.6. The van der Waals surface area contributed by atoms with Crippen LogP contribution in [-0.2, 0) is 11.2 Å². The van der Waals surface area contributed by atoms with E-state index in [9.17, 15) is 0 Å². The second-order valence-corrected chi connectivity index (χ2v) is 9.75. The van der Waals surface area contributed by atoms with Gasteiger partial charge in [-0.1, -0.05) is 0 Å². The number of nitrogens with one attached hydrogen (secondary N) is 1. The van der Waals surface area contributed by atoms with E-state index in [2.05, 4.69) is 28.4 Å². The van der Waals surface area contributed by atoms with E-state index >= 15 is 0 Å². The summed E-state index contributed by atoms with van der Waals surface area (Å²) in [5.41, 5.74) is 2.83. The number of nitriles is 1. The SMILES string of the molecule is CNc1nc(-c2ccc(OCCCCCOc3ccc(C#N)cc3)cc2)c(CCN2CCOCC2)s1. The number of rotatable bonds is 13. The molecule has 1 fully saturated rings. The van der Waals surface area contributed by atoms with Crippen LogP contribution in [0.1, 0.15) is 29.7 Å². The van der Waals surface area contributed by atoms with Gasteiger partial charge in [0.15, 0.2) is 5.13 Å². The standard InChI is InChI=1S/C28H34N4O3S/c1-30-28-31-27(26(36-28)13-14-32-15-19-33-20-16-32)23-7-11-25(12-8-23)35-18-4-2-3-17-34-24-9-5-22(21-29)6-10-24/h5-12H,2-4,13-20H2,1H3,(H,30,31). The van der Waals surface area contributed by atoms with Gasteiger partial charge in [0.05, 0.1) is 43.8 Å². The number of hydrogen-bond acceptors (Lipinski definition) is 8. The fourth-order valence-electron chi connectivity index (χ4n) is 4.03. The fraction of sp³-hybridized carbons (Fsp3) is 0.429. The van der Waals surface area contributed by atoms with E-state index < -0.39 is 0 Å². The highest BCUT2D eigenvalue weighted by molar-refractivity contribution is 7.16. The molecule has 7 nitrogen and oxygen atoms in total. The van der Waals surface area contributed by atoms with Crippen molar-refractivity contribution in [2.24, 2.45) is 0 Å². The molecule has 8 heteroatoms. The number of unbranched alkanes of at least 4 members (excludes halogenated alkanes) is 2. The summed E-state index contributed by atoms with van der Waals surface area (Å²) < 4.78 is 17.1. The van der Waals surface area contributed by atoms with Gasteiger partial charge in [-0.3, -0.25) is 4.90 Å². The van der Waals surface area contributed by atoms with Crippen molar-refractivity contribution in [2.75, 3.05) is 58.4 Å². The highest BCUT2D eigenvalue weighted by Gasteiger charge is 2.16. The third kappa shape index (κ3) is 7.69. The number of aromatic nitrogens is 1. The fourth-order valence-corrected chi connectivity index (χ4v) is 4.96. The van der Waals surface area contributed by atoms with Crippen LogP contribution in [0.2, 0.25) is 0 Å². The molecule has 1 N–H and O–H groups in total. The Hall–Kier alpha value is -3.12. The summed E-state index contributed by atoms with van der Waals surface area (Å²) in [6.07, 6.45) is 3.96. The number of benzene rings is 2. The van der Waals surface area contributed by atoms with Crippen molar-refractivity contribution < 1.29 is 14.2 Å². The number of hydrogen-bond donors (Lipinski definition) is 1. The average molecular weight is 507 g/mol. The van der Waals surface area contributed by atoms with Crippen molar-refractivity contribution in [1.82, 2.24) is 9.88 Å². The van der Waals surface area contributed by atoms with Gasteiger partial charge in [-0.05, 0) is 74.2 Å². The highest BCUT2D eigenvalue weighted by Crippen LogP contribution is 2.32. The molecule has 1 saturated heterocycles. The first-order valence-corrected chi connectivity index (χ1v) is 13.4. The van der Waals surface area contributed by atoms with Crippen LogP contribution < -0.4 is 14.8 Å². The lowest BCUT2D eigenvalue weighted by molar-refractivity contribution is 0.0385. The molecule has 1 aromatic heterocycles. The molecule has 0 aliphatic carbocycles. The van der Waals surface area contributed by atoms with Crippen molar-refractivity contribution in [3.63, 3.8) is 0 Å². The first-order valence-electron chi connectivity index (χ1n) is 12.6. The molecule has 3 aromatic rings. The van der Waals surface area contributed by atoms with Crippen molar-refractivity contribution in [2.45, 2.75) is 25.7 Å². The Bertz CT molecular complexity index is 1100. The molecule has 36 heavy (non-hydrogen) atoms. The van der Waals surface area contributed by atoms with Gasteiger partial charge in [0.25, 0.3) is 0 Å². The summed E-state index contributed by atoms with van der Waals surface area (Å²) in [4.78, 5) is 8.59. The van der Waals surface area contributed by atoms with Crippen molar-refractivity contribution in [1.29, 1.82) is 5.26 Å². The zero-order valence-corrected chi connectivity index (χ0v) is 21.7. The summed E-state index contributed by atoms with van der Waals surface area (Å²) in [7, 11) is 1.92. The van der Waals surface area contributed by atoms with Gasteiger partial charge in [0.2, 0.25) is 0 Å². The van der Waals surface area contributed by atoms with Crippen LogP contribution in [0.25, 0.3) is 11.3 Å². The number of anilines is 1. The van der Waals surface area contributed by atoms with Crippen LogP contribution in [-0.4, -0.2) is 63.0 Å². The van der Waals surface area contributed by atoms with E-state index in [-0.39, 0.29) is 0 Å². The summed E-state index contributed by atoms with van der Waals surface area (Å²) in [5.74, 6) is 1.68. The third-order valence-electron chi connectivity index (χ3n) is 6.11. The molecule has 0 unspecified atom stereocenters. The number of nitrogens with zero attached hydrogens (tertiary/aromatic N) is 3. The van der Waals surface area contributed by atoms with Crippen LogP contribution in [0.15, 0.2) is 48.5 Å². The van der Waals surface area contributed by atoms with Crippen LogP contribution in [0, 0.1) is 11.3 Å². The Morgan fingerprint density at radius 2 is 1.61 bits per heavy atom. The normalized spacial score (nSPS) is 13.8. The Labute approximate surface area is 217 Å². The zero-order valence-electron chi connectivity index (χ0n) is 20.9. The maximum atomic E-state index is 8.84. The summed E-state index contributed by atoms with van der Waals surface area (Å²) >= 11 is 1.74. The van der Waals surface area contributed by atoms with E-state index in [0.717, 1.165) is 86.4 Å². The molecule has 0 bridgehead atoms. The lowest BCUT2D eigenvalue weighted by Crippen LogP contribution is -2.37. The summed E-state index contributed by atoms with van der Waals surface area (Å²) in [6.45, 7) is 6.03. The van der Waals surface area contributed by atoms with E-state index in [1.165, 1.54) is 4.88 Å². The molecule has 1 aliphatic heterocycles. The largest absolute Gasteiger partial charge is 0.494 e. The minimum atomic E-state index is 0.644. The molecular formula is C28H34N4O3S. The van der Waals surface area contributed by atoms with Crippen molar-refractivity contribution in [3.8, 4) is 28.8 Å². The van der Waals surface area contributed by atoms with Gasteiger partial charge in [0, 0.05) is 37.1 Å². The average Bonchev–Trinajstić information content (AvgIpc) is 3.36. The van der Waals surface area contributed by atoms with Gasteiger partial charge in [0.1, 0.15) is 11.5 Å². The topological polar surface area (TPSA) is 79.6 Å². The molecule has 4 rings (SSSR count). The lowest BCUT2D eigenvalue weighted by Gasteiger charge is -2.26. The third-order valence-corrected chi connectivity index (χ3v) is 7.24. The lowest BCUT2D eigenvalue weighted by atomic mass is 10.1. The van der Waals surface area contributed by atoms with Gasteiger partial charge in [-0.2, -0.15) is 5.26 Å². The van der Waals surface area contributed by atoms with E-state index in [4.69, 9.17) is 24.5 Å². The van der Waals surface area contributed by atoms with Crippen molar-refractivity contribution >= 4 is 16.5 Å². The first kappa shape index (κ1) is 26.0. The highest BCUT2D eigenvalue weighted by atomic mass is 32.1. The van der Waals surface area contributed by atoms with Crippen LogP contribution in [0.5, 0.6) is 11.5 Å². The maximum Gasteiger partial charge on any atom is 0.183 e. The van der Waals surface area contributed by atoms with Gasteiger partial charge < -0.3 is 19.5 Å². The molecule has 0 radical (unpaired) electrons. The number of ether oxygens (including phenoxy) is 3. The van der Waals surface area contributed by atoms with Crippen molar-refractivity contribution in [3.05, 3.63) is 59.0 Å². The molecule has 0 amide bonds. The Kier molecular flexibility index (Phi) is 9.97. The minimum absolute atomic E-state index is 0.644. The second-order valence-electron chi connectivity index (χ2n) is 8.66. The van der Waals surface area contributed by atoms with E-state index in [1.807, 2.05) is 31.3 Å². The predicted octanol–water partition coefficient (Wildman–Crippen LogP) is 5.23. The Balaban J connectivity index is 1.19. The molecule has 1 aliphatic rings. The quantitative estimate of drug-likeness (QED) is 0.318. The Morgan fingerprint density at radius 1 is 0.972 bits per heavy atom. The number of thiazole rings is 1. The predicted molar refractivity (Wildman–Crippen MR) is 144 cm³/mol. The molecule has 0 spiro atoms. The van der Waals surface area contributed by atoms with Gasteiger partial charge in [-0.25, -0.2) is 4.98 Å². The molecule has 2 heterocycles. The Morgan fingerprint density at radius 3 is 2.22 bits per heavy atom. The smallest absolute Gasteiger partial charge is 0.183 e. The first-order chi connectivity index (χ1) is 17.7. The maximum absolute atomic E-state index is 8.84. The number of morpholine rings is 1. The monoisotopic (exact) mass is 506 g/mol. The molecular weight excluding hydrogens is 472 g/mol. The van der Waals surface area contributed by atoms with Crippen LogP contribution >= 0.6 is 11.3 Å². The molecule has 190 valence electrons. The molecule has 0 atom stereocenters. The zero-order chi connectivity index (χ0) is 25.0. The van der Waals surface area contributed by atoms with E-state index in [0.29, 0.717) is 18.8 Å². The van der Waals surface area contributed by atoms with Crippen LogP contribution in [0.4, 0.5) is 5.13 Å². The molecule has 0 saturated carbocycles. The second kappa shape index (κ2) is 13.8. The van der Waals surface area contributed by atoms with Crippen LogP contribution in [0.3, 0.4) is 0 Å². The minimum Gasteiger partial charge on any atom is -0.494 e. The van der Waals surface area contributed by atoms with Gasteiger partial charge >= 0.3 is 0 Å². The molecule has 2 aromatic carbocycles.